The molecule has 1 aromatic heterocycles. The van der Waals surface area contributed by atoms with Crippen molar-refractivity contribution in [3.63, 3.8) is 0 Å². The molecule has 5 nitrogen and oxygen atoms in total. The molecule has 0 spiro atoms. The maximum atomic E-state index is 12.5. The topological polar surface area (TPSA) is 56.1 Å². The number of nitrogens with one attached hydrogen (secondary N) is 1. The number of carbonyl (C=O) groups is 1. The molecule has 1 unspecified atom stereocenters. The number of aromatic nitrogens is 2. The molecule has 0 aliphatic carbocycles. The number of aryl methyl sites for hydroxylation is 1. The Labute approximate surface area is 162 Å². The number of ether oxygens (including phenoxy) is 1. The van der Waals surface area contributed by atoms with Crippen molar-refractivity contribution in [2.24, 2.45) is 5.92 Å². The van der Waals surface area contributed by atoms with Crippen molar-refractivity contribution in [3.8, 4) is 5.75 Å². The van der Waals surface area contributed by atoms with Crippen LogP contribution in [0.2, 0.25) is 0 Å². The molecule has 0 aliphatic heterocycles. The summed E-state index contributed by atoms with van der Waals surface area (Å²) in [4.78, 5) is 17.1. The molecular weight excluding hydrogens is 372 g/mol. The van der Waals surface area contributed by atoms with Crippen molar-refractivity contribution < 1.29 is 18.3 Å². The molecule has 0 fully saturated rings. The summed E-state index contributed by atoms with van der Waals surface area (Å²) >= 11 is 1.40. The minimum Gasteiger partial charge on any atom is -0.435 e. The Kier molecular flexibility index (Phi) is 7.24. The van der Waals surface area contributed by atoms with Gasteiger partial charge in [-0.15, -0.1) is 0 Å². The van der Waals surface area contributed by atoms with Gasteiger partial charge in [-0.05, 0) is 51.0 Å². The molecule has 0 bridgehead atoms. The summed E-state index contributed by atoms with van der Waals surface area (Å²) < 4.78 is 30.8. The zero-order chi connectivity index (χ0) is 20.1. The van der Waals surface area contributed by atoms with Gasteiger partial charge in [0, 0.05) is 17.9 Å². The third-order valence-electron chi connectivity index (χ3n) is 3.97. The highest BCUT2D eigenvalue weighted by molar-refractivity contribution is 8.00. The van der Waals surface area contributed by atoms with E-state index in [0.717, 1.165) is 23.1 Å². The maximum absolute atomic E-state index is 12.5. The van der Waals surface area contributed by atoms with Crippen molar-refractivity contribution in [2.75, 3.05) is 5.32 Å². The monoisotopic (exact) mass is 397 g/mol. The first-order valence-corrected chi connectivity index (χ1v) is 9.61. The van der Waals surface area contributed by atoms with Gasteiger partial charge in [0.25, 0.3) is 0 Å². The van der Waals surface area contributed by atoms with Gasteiger partial charge in [0.15, 0.2) is 5.16 Å². The molecule has 1 aromatic carbocycles. The van der Waals surface area contributed by atoms with Gasteiger partial charge in [0.1, 0.15) is 5.75 Å². The molecule has 148 valence electrons. The molecule has 1 atom stereocenters. The molecule has 0 radical (unpaired) electrons. The number of rotatable bonds is 8. The highest BCUT2D eigenvalue weighted by Crippen LogP contribution is 2.27. The number of anilines is 1. The van der Waals surface area contributed by atoms with Crippen LogP contribution in [0.25, 0.3) is 0 Å². The van der Waals surface area contributed by atoms with Crippen LogP contribution in [0.5, 0.6) is 5.75 Å². The second kappa shape index (κ2) is 9.21. The standard InChI is InChI=1S/C19H25F2N3O2S/c1-11(2)10-24-13(4)12(3)22-19(24)27-14(5)17(25)23-15-6-8-16(9-7-15)26-18(20)21/h6-9,11,14,18H,10H2,1-5H3,(H,23,25). The van der Waals surface area contributed by atoms with Crippen molar-refractivity contribution >= 4 is 23.4 Å². The highest BCUT2D eigenvalue weighted by Gasteiger charge is 2.20. The van der Waals surface area contributed by atoms with E-state index in [0.29, 0.717) is 11.6 Å². The molecule has 1 heterocycles. The summed E-state index contributed by atoms with van der Waals surface area (Å²) in [6.07, 6.45) is 0. The van der Waals surface area contributed by atoms with Crippen LogP contribution in [0.15, 0.2) is 29.4 Å². The molecule has 2 aromatic rings. The number of amides is 1. The van der Waals surface area contributed by atoms with E-state index in [1.165, 1.54) is 36.0 Å². The Hall–Kier alpha value is -2.09. The number of halogens is 2. The fraction of sp³-hybridized carbons (Fsp3) is 0.474. The number of nitrogens with zero attached hydrogens (tertiary/aromatic N) is 2. The molecule has 1 N–H and O–H groups in total. The Balaban J connectivity index is 2.03. The van der Waals surface area contributed by atoms with Gasteiger partial charge < -0.3 is 14.6 Å². The van der Waals surface area contributed by atoms with Gasteiger partial charge in [-0.2, -0.15) is 8.78 Å². The van der Waals surface area contributed by atoms with Crippen LogP contribution < -0.4 is 10.1 Å². The van der Waals surface area contributed by atoms with Gasteiger partial charge >= 0.3 is 6.61 Å². The average molecular weight is 397 g/mol. The lowest BCUT2D eigenvalue weighted by atomic mass is 10.2. The fourth-order valence-corrected chi connectivity index (χ4v) is 3.48. The molecule has 0 saturated carbocycles. The van der Waals surface area contributed by atoms with Crippen LogP contribution in [0.1, 0.15) is 32.2 Å². The zero-order valence-electron chi connectivity index (χ0n) is 16.1. The summed E-state index contributed by atoms with van der Waals surface area (Å²) in [5.41, 5.74) is 2.58. The summed E-state index contributed by atoms with van der Waals surface area (Å²) in [5, 5.41) is 3.24. The molecule has 0 aliphatic rings. The van der Waals surface area contributed by atoms with Crippen molar-refractivity contribution in [2.45, 2.75) is 58.2 Å². The van der Waals surface area contributed by atoms with E-state index in [9.17, 15) is 13.6 Å². The predicted molar refractivity (Wildman–Crippen MR) is 104 cm³/mol. The van der Waals surface area contributed by atoms with Crippen LogP contribution in [-0.4, -0.2) is 27.3 Å². The second-order valence-corrected chi connectivity index (χ2v) is 8.03. The van der Waals surface area contributed by atoms with Crippen LogP contribution >= 0.6 is 11.8 Å². The van der Waals surface area contributed by atoms with Gasteiger partial charge in [-0.1, -0.05) is 25.6 Å². The number of hydrogen-bond donors (Lipinski definition) is 1. The molecule has 1 amide bonds. The van der Waals surface area contributed by atoms with Gasteiger partial charge in [0.2, 0.25) is 5.91 Å². The SMILES string of the molecule is Cc1nc(SC(C)C(=O)Nc2ccc(OC(F)F)cc2)n(CC(C)C)c1C. The summed E-state index contributed by atoms with van der Waals surface area (Å²) in [6.45, 7) is 8.06. The van der Waals surface area contributed by atoms with Gasteiger partial charge in [-0.25, -0.2) is 4.98 Å². The van der Waals surface area contributed by atoms with Gasteiger partial charge in [0.05, 0.1) is 10.9 Å². The first-order valence-electron chi connectivity index (χ1n) is 8.73. The second-order valence-electron chi connectivity index (χ2n) is 6.72. The van der Waals surface area contributed by atoms with Crippen molar-refractivity contribution in [1.29, 1.82) is 0 Å². The largest absolute Gasteiger partial charge is 0.435 e. The Morgan fingerprint density at radius 2 is 1.85 bits per heavy atom. The molecule has 27 heavy (non-hydrogen) atoms. The maximum Gasteiger partial charge on any atom is 0.387 e. The zero-order valence-corrected chi connectivity index (χ0v) is 16.9. The van der Waals surface area contributed by atoms with E-state index in [-0.39, 0.29) is 16.9 Å². The Morgan fingerprint density at radius 3 is 2.41 bits per heavy atom. The fourth-order valence-electron chi connectivity index (χ4n) is 2.47. The van der Waals surface area contributed by atoms with E-state index in [4.69, 9.17) is 0 Å². The van der Waals surface area contributed by atoms with Crippen LogP contribution in [0, 0.1) is 19.8 Å². The lowest BCUT2D eigenvalue weighted by Gasteiger charge is -2.15. The lowest BCUT2D eigenvalue weighted by Crippen LogP contribution is -2.23. The van der Waals surface area contributed by atoms with Crippen LogP contribution in [0.3, 0.4) is 0 Å². The third kappa shape index (κ3) is 5.95. The minimum atomic E-state index is -2.87. The highest BCUT2D eigenvalue weighted by atomic mass is 32.2. The quantitative estimate of drug-likeness (QED) is 0.645. The first-order chi connectivity index (χ1) is 12.7. The summed E-state index contributed by atoms with van der Waals surface area (Å²) in [7, 11) is 0. The van der Waals surface area contributed by atoms with E-state index >= 15 is 0 Å². The summed E-state index contributed by atoms with van der Waals surface area (Å²) in [6, 6.07) is 5.84. The molecule has 0 saturated heterocycles. The van der Waals surface area contributed by atoms with Crippen LogP contribution in [-0.2, 0) is 11.3 Å². The first kappa shape index (κ1) is 21.2. The van der Waals surface area contributed by atoms with Crippen molar-refractivity contribution in [1.82, 2.24) is 9.55 Å². The number of hydrogen-bond acceptors (Lipinski definition) is 4. The smallest absolute Gasteiger partial charge is 0.387 e. The molecule has 2 rings (SSSR count). The van der Waals surface area contributed by atoms with Gasteiger partial charge in [-0.3, -0.25) is 4.79 Å². The Bertz CT molecular complexity index is 776. The van der Waals surface area contributed by atoms with E-state index in [1.807, 2.05) is 20.8 Å². The molecular formula is C19H25F2N3O2S. The van der Waals surface area contributed by atoms with Crippen LogP contribution in [0.4, 0.5) is 14.5 Å². The summed E-state index contributed by atoms with van der Waals surface area (Å²) in [5.74, 6) is 0.332. The number of carbonyl (C=O) groups excluding carboxylic acids is 1. The number of alkyl halides is 2. The lowest BCUT2D eigenvalue weighted by molar-refractivity contribution is -0.115. The number of imidazole rings is 1. The average Bonchev–Trinajstić information content (AvgIpc) is 2.83. The van der Waals surface area contributed by atoms with Crippen molar-refractivity contribution in [3.05, 3.63) is 35.7 Å². The van der Waals surface area contributed by atoms with E-state index in [2.05, 4.69) is 33.5 Å². The minimum absolute atomic E-state index is 0.0482. The molecule has 8 heteroatoms. The predicted octanol–water partition coefficient (Wildman–Crippen LogP) is 4.88. The van der Waals surface area contributed by atoms with E-state index < -0.39 is 6.61 Å². The third-order valence-corrected chi connectivity index (χ3v) is 5.06. The normalized spacial score (nSPS) is 12.5. The number of thioether (sulfide) groups is 1. The Morgan fingerprint density at radius 1 is 1.22 bits per heavy atom. The van der Waals surface area contributed by atoms with E-state index in [1.54, 1.807) is 0 Å². The number of benzene rings is 1.